The molecule has 1 atom stereocenters. The number of benzene rings is 2. The van der Waals surface area contributed by atoms with Crippen LogP contribution in [0, 0.1) is 0 Å². The van der Waals surface area contributed by atoms with Gasteiger partial charge in [-0.15, -0.1) is 0 Å². The van der Waals surface area contributed by atoms with Gasteiger partial charge in [0.05, 0.1) is 19.2 Å². The number of nitrogens with zero attached hydrogens (tertiary/aromatic N) is 2. The SMILES string of the molecule is CCOC(CN(Cc1ccnc2ccccc12)C(=O)C(Cc1ccc(OC(C)(C)C)cc1)NC(=O)OC)OCC. The van der Waals surface area contributed by atoms with Crippen molar-refractivity contribution in [3.05, 3.63) is 71.9 Å². The molecule has 1 heterocycles. The van der Waals surface area contributed by atoms with Crippen LogP contribution < -0.4 is 10.1 Å². The van der Waals surface area contributed by atoms with Gasteiger partial charge >= 0.3 is 6.09 Å². The number of ether oxygens (including phenoxy) is 4. The highest BCUT2D eigenvalue weighted by atomic mass is 16.7. The summed E-state index contributed by atoms with van der Waals surface area (Å²) in [4.78, 5) is 32.6. The maximum atomic E-state index is 14.1. The van der Waals surface area contributed by atoms with Crippen molar-refractivity contribution in [1.82, 2.24) is 15.2 Å². The molecule has 3 rings (SSSR count). The zero-order chi connectivity index (χ0) is 29.1. The minimum absolute atomic E-state index is 0.175. The highest BCUT2D eigenvalue weighted by molar-refractivity contribution is 5.87. The van der Waals surface area contributed by atoms with Crippen LogP contribution in [0.15, 0.2) is 60.8 Å². The molecule has 0 saturated carbocycles. The summed E-state index contributed by atoms with van der Waals surface area (Å²) in [6, 6.07) is 16.3. The van der Waals surface area contributed by atoms with Gasteiger partial charge in [0.15, 0.2) is 6.29 Å². The summed E-state index contributed by atoms with van der Waals surface area (Å²) in [6.07, 6.45) is 0.672. The third-order valence-electron chi connectivity index (χ3n) is 6.05. The first-order chi connectivity index (χ1) is 19.1. The Hall–Kier alpha value is -3.69. The van der Waals surface area contributed by atoms with E-state index < -0.39 is 18.4 Å². The van der Waals surface area contributed by atoms with Crippen molar-refractivity contribution in [1.29, 1.82) is 0 Å². The van der Waals surface area contributed by atoms with Gasteiger partial charge in [-0.25, -0.2) is 4.79 Å². The van der Waals surface area contributed by atoms with E-state index in [2.05, 4.69) is 10.3 Å². The summed E-state index contributed by atoms with van der Waals surface area (Å²) >= 11 is 0. The lowest BCUT2D eigenvalue weighted by molar-refractivity contribution is -0.160. The molecule has 0 fully saturated rings. The van der Waals surface area contributed by atoms with E-state index in [1.807, 2.05) is 89.2 Å². The first-order valence-electron chi connectivity index (χ1n) is 13.6. The van der Waals surface area contributed by atoms with Crippen LogP contribution in [0.3, 0.4) is 0 Å². The predicted octanol–water partition coefficient (Wildman–Crippen LogP) is 5.11. The quantitative estimate of drug-likeness (QED) is 0.295. The van der Waals surface area contributed by atoms with Crippen LogP contribution in [0.1, 0.15) is 45.7 Å². The van der Waals surface area contributed by atoms with E-state index >= 15 is 0 Å². The monoisotopic (exact) mass is 551 g/mol. The number of nitrogens with one attached hydrogen (secondary N) is 1. The minimum atomic E-state index is -0.890. The number of carbonyl (C=O) groups excluding carboxylic acids is 2. The molecular weight excluding hydrogens is 510 g/mol. The molecule has 40 heavy (non-hydrogen) atoms. The number of carbonyl (C=O) groups is 2. The van der Waals surface area contributed by atoms with E-state index in [9.17, 15) is 9.59 Å². The van der Waals surface area contributed by atoms with Crippen molar-refractivity contribution < 1.29 is 28.5 Å². The summed E-state index contributed by atoms with van der Waals surface area (Å²) in [5.74, 6) is 0.438. The normalized spacial score (nSPS) is 12.3. The van der Waals surface area contributed by atoms with Crippen LogP contribution in [-0.4, -0.2) is 66.7 Å². The fraction of sp³-hybridized carbons (Fsp3) is 0.452. The number of rotatable bonds is 13. The van der Waals surface area contributed by atoms with Gasteiger partial charge in [0.1, 0.15) is 17.4 Å². The summed E-state index contributed by atoms with van der Waals surface area (Å²) in [5.41, 5.74) is 2.28. The van der Waals surface area contributed by atoms with Crippen molar-refractivity contribution >= 4 is 22.9 Å². The molecule has 216 valence electrons. The summed E-state index contributed by atoms with van der Waals surface area (Å²) in [5, 5.41) is 3.67. The van der Waals surface area contributed by atoms with Gasteiger partial charge in [-0.2, -0.15) is 0 Å². The van der Waals surface area contributed by atoms with Gasteiger partial charge in [-0.05, 0) is 70.0 Å². The fourth-order valence-electron chi connectivity index (χ4n) is 4.34. The number of pyridine rings is 1. The minimum Gasteiger partial charge on any atom is -0.488 e. The Morgan fingerprint density at radius 3 is 2.27 bits per heavy atom. The molecule has 1 N–H and O–H groups in total. The van der Waals surface area contributed by atoms with Crippen molar-refractivity contribution in [2.75, 3.05) is 26.9 Å². The smallest absolute Gasteiger partial charge is 0.407 e. The molecule has 2 amide bonds. The molecular formula is C31H41N3O6. The van der Waals surface area contributed by atoms with Crippen molar-refractivity contribution in [2.24, 2.45) is 0 Å². The van der Waals surface area contributed by atoms with Crippen LogP contribution in [0.25, 0.3) is 10.9 Å². The first kappa shape index (κ1) is 30.8. The van der Waals surface area contributed by atoms with Crippen LogP contribution in [0.4, 0.5) is 4.79 Å². The number of hydrogen-bond donors (Lipinski definition) is 1. The number of methoxy groups -OCH3 is 1. The molecule has 1 unspecified atom stereocenters. The molecule has 0 saturated heterocycles. The fourth-order valence-corrected chi connectivity index (χ4v) is 4.34. The van der Waals surface area contributed by atoms with Gasteiger partial charge in [-0.1, -0.05) is 30.3 Å². The number of fused-ring (bicyclic) bond motifs is 1. The van der Waals surface area contributed by atoms with Crippen molar-refractivity contribution in [3.63, 3.8) is 0 Å². The summed E-state index contributed by atoms with van der Waals surface area (Å²) in [6.45, 7) is 11.0. The molecule has 1 aromatic heterocycles. The maximum absolute atomic E-state index is 14.1. The molecule has 0 bridgehead atoms. The van der Waals surface area contributed by atoms with Gasteiger partial charge in [-0.3, -0.25) is 9.78 Å². The van der Waals surface area contributed by atoms with Crippen molar-refractivity contribution in [2.45, 2.75) is 65.5 Å². The van der Waals surface area contributed by atoms with E-state index in [1.54, 1.807) is 11.1 Å². The molecule has 0 aliphatic rings. The maximum Gasteiger partial charge on any atom is 0.407 e. The zero-order valence-electron chi connectivity index (χ0n) is 24.3. The third-order valence-corrected chi connectivity index (χ3v) is 6.05. The second-order valence-electron chi connectivity index (χ2n) is 10.3. The molecule has 0 radical (unpaired) electrons. The number of aromatic nitrogens is 1. The standard InChI is InChI=1S/C31H41N3O6/c1-7-38-28(39-8-2)21-34(20-23-17-18-32-26-12-10-9-11-25(23)26)29(35)27(33-30(36)37-6)19-22-13-15-24(16-14-22)40-31(3,4)5/h9-18,27-28H,7-8,19-21H2,1-6H3,(H,33,36). The van der Waals surface area contributed by atoms with Crippen molar-refractivity contribution in [3.8, 4) is 5.75 Å². The molecule has 2 aromatic carbocycles. The first-order valence-corrected chi connectivity index (χ1v) is 13.6. The summed E-state index contributed by atoms with van der Waals surface area (Å²) in [7, 11) is 1.27. The number of amides is 2. The lowest BCUT2D eigenvalue weighted by atomic mass is 10.0. The Morgan fingerprint density at radius 1 is 0.975 bits per heavy atom. The van der Waals surface area contributed by atoms with E-state index in [1.165, 1.54) is 7.11 Å². The average Bonchev–Trinajstić information content (AvgIpc) is 2.92. The number of alkyl carbamates (subject to hydrolysis) is 1. The number of hydrogen-bond acceptors (Lipinski definition) is 7. The Bertz CT molecular complexity index is 1230. The van der Waals surface area contributed by atoms with Crippen LogP contribution in [0.2, 0.25) is 0 Å². The van der Waals surface area contributed by atoms with E-state index in [0.717, 1.165) is 27.8 Å². The Morgan fingerprint density at radius 2 is 1.65 bits per heavy atom. The van der Waals surface area contributed by atoms with E-state index in [0.29, 0.717) is 13.2 Å². The zero-order valence-corrected chi connectivity index (χ0v) is 24.3. The molecule has 0 spiro atoms. The Kier molecular flexibility index (Phi) is 11.3. The molecule has 0 aliphatic carbocycles. The average molecular weight is 552 g/mol. The van der Waals surface area contributed by atoms with Crippen LogP contribution in [0.5, 0.6) is 5.75 Å². The highest BCUT2D eigenvalue weighted by Crippen LogP contribution is 2.22. The van der Waals surface area contributed by atoms with E-state index in [4.69, 9.17) is 18.9 Å². The van der Waals surface area contributed by atoms with Gasteiger partial charge in [0, 0.05) is 37.8 Å². The largest absolute Gasteiger partial charge is 0.488 e. The van der Waals surface area contributed by atoms with Crippen LogP contribution >= 0.6 is 0 Å². The Labute approximate surface area is 236 Å². The second-order valence-corrected chi connectivity index (χ2v) is 10.3. The lowest BCUT2D eigenvalue weighted by Gasteiger charge is -2.31. The Balaban J connectivity index is 1.93. The topological polar surface area (TPSA) is 99.2 Å². The van der Waals surface area contributed by atoms with Gasteiger partial charge < -0.3 is 29.2 Å². The lowest BCUT2D eigenvalue weighted by Crippen LogP contribution is -2.51. The molecule has 9 nitrogen and oxygen atoms in total. The van der Waals surface area contributed by atoms with Crippen LogP contribution in [-0.2, 0) is 32.0 Å². The third kappa shape index (κ3) is 9.20. The van der Waals surface area contributed by atoms with E-state index in [-0.39, 0.29) is 31.0 Å². The van der Waals surface area contributed by atoms with Gasteiger partial charge in [0.2, 0.25) is 5.91 Å². The molecule has 3 aromatic rings. The number of para-hydroxylation sites is 1. The predicted molar refractivity (Wildman–Crippen MR) is 154 cm³/mol. The molecule has 0 aliphatic heterocycles. The van der Waals surface area contributed by atoms with Gasteiger partial charge in [0.25, 0.3) is 0 Å². The molecule has 9 heteroatoms. The second kappa shape index (κ2) is 14.6. The highest BCUT2D eigenvalue weighted by Gasteiger charge is 2.29. The summed E-state index contributed by atoms with van der Waals surface area (Å²) < 4.78 is 22.4.